The number of rotatable bonds is 6. The lowest BCUT2D eigenvalue weighted by Gasteiger charge is -2.13. The third-order valence-electron chi connectivity index (χ3n) is 3.49. The molecule has 7 nitrogen and oxygen atoms in total. The number of benzene rings is 1. The summed E-state index contributed by atoms with van der Waals surface area (Å²) in [5.74, 6) is -1.17. The third kappa shape index (κ3) is 3.23. The molecule has 25 heavy (non-hydrogen) atoms. The first kappa shape index (κ1) is 17.7. The number of nitrogens with zero attached hydrogens (tertiary/aromatic N) is 1. The van der Waals surface area contributed by atoms with E-state index in [1.165, 1.54) is 35.9 Å². The minimum absolute atomic E-state index is 0.0541. The van der Waals surface area contributed by atoms with E-state index in [-0.39, 0.29) is 22.3 Å². The number of methoxy groups -OCH3 is 1. The van der Waals surface area contributed by atoms with Crippen molar-refractivity contribution in [2.24, 2.45) is 0 Å². The average molecular weight is 401 g/mol. The smallest absolute Gasteiger partial charge is 0.352 e. The van der Waals surface area contributed by atoms with Gasteiger partial charge in [0.15, 0.2) is 0 Å². The van der Waals surface area contributed by atoms with Crippen LogP contribution in [-0.4, -0.2) is 31.2 Å². The van der Waals surface area contributed by atoms with Crippen LogP contribution in [0.25, 0.3) is 10.9 Å². The van der Waals surface area contributed by atoms with Crippen LogP contribution in [-0.2, 0) is 21.5 Å². The van der Waals surface area contributed by atoms with Crippen molar-refractivity contribution in [1.29, 1.82) is 0 Å². The van der Waals surface area contributed by atoms with Gasteiger partial charge in [-0.1, -0.05) is 17.7 Å². The molecule has 2 heterocycles. The van der Waals surface area contributed by atoms with Crippen molar-refractivity contribution in [1.82, 2.24) is 4.57 Å². The fourth-order valence-electron chi connectivity index (χ4n) is 2.48. The first-order valence-corrected chi connectivity index (χ1v) is 9.69. The second-order valence-corrected chi connectivity index (χ2v) is 8.34. The van der Waals surface area contributed by atoms with E-state index >= 15 is 0 Å². The summed E-state index contributed by atoms with van der Waals surface area (Å²) in [4.78, 5) is 11.5. The zero-order valence-electron chi connectivity index (χ0n) is 12.9. The Bertz CT molecular complexity index is 1040. The molecule has 0 spiro atoms. The van der Waals surface area contributed by atoms with Crippen molar-refractivity contribution >= 4 is 55.5 Å². The highest BCUT2D eigenvalue weighted by molar-refractivity contribution is 7.94. The lowest BCUT2D eigenvalue weighted by Crippen LogP contribution is -2.14. The lowest BCUT2D eigenvalue weighted by molar-refractivity contribution is 0.0664. The van der Waals surface area contributed by atoms with Crippen LogP contribution in [0.2, 0.25) is 5.02 Å². The van der Waals surface area contributed by atoms with Crippen molar-refractivity contribution in [2.45, 2.75) is 10.9 Å². The van der Waals surface area contributed by atoms with E-state index in [1.807, 2.05) is 0 Å². The number of carboxylic acid groups (broad SMARTS) is 1. The van der Waals surface area contributed by atoms with E-state index in [0.29, 0.717) is 15.9 Å². The highest BCUT2D eigenvalue weighted by Crippen LogP contribution is 2.34. The number of halogens is 1. The Balaban J connectivity index is 2.22. The molecule has 0 amide bonds. The van der Waals surface area contributed by atoms with Gasteiger partial charge < -0.3 is 14.4 Å². The number of aromatic nitrogens is 1. The first-order valence-electron chi connectivity index (χ1n) is 6.95. The lowest BCUT2D eigenvalue weighted by atomic mass is 10.2. The van der Waals surface area contributed by atoms with Gasteiger partial charge in [0.2, 0.25) is 0 Å². The molecule has 1 aromatic carbocycles. The van der Waals surface area contributed by atoms with E-state index in [2.05, 4.69) is 4.72 Å². The molecule has 2 aromatic heterocycles. The molecule has 10 heteroatoms. The number of carbonyl (C=O) groups is 1. The summed E-state index contributed by atoms with van der Waals surface area (Å²) in [7, 11) is -2.38. The Kier molecular flexibility index (Phi) is 4.74. The van der Waals surface area contributed by atoms with E-state index in [4.69, 9.17) is 16.3 Å². The monoisotopic (exact) mass is 400 g/mol. The largest absolute Gasteiger partial charge is 0.477 e. The van der Waals surface area contributed by atoms with Crippen LogP contribution in [0.5, 0.6) is 0 Å². The van der Waals surface area contributed by atoms with E-state index in [0.717, 1.165) is 11.3 Å². The maximum absolute atomic E-state index is 12.5. The molecule has 0 aliphatic carbocycles. The predicted octanol–water partition coefficient (Wildman–Crippen LogP) is 3.46. The summed E-state index contributed by atoms with van der Waals surface area (Å²) < 4.78 is 34.1. The molecule has 3 aromatic rings. The third-order valence-corrected chi connectivity index (χ3v) is 6.58. The summed E-state index contributed by atoms with van der Waals surface area (Å²) >= 11 is 7.25. The van der Waals surface area contributed by atoms with Gasteiger partial charge in [-0.15, -0.1) is 11.3 Å². The maximum atomic E-state index is 12.5. The maximum Gasteiger partial charge on any atom is 0.352 e. The Morgan fingerprint density at radius 1 is 1.40 bits per heavy atom. The fourth-order valence-corrected chi connectivity index (χ4v) is 4.75. The molecule has 3 rings (SSSR count). The highest BCUT2D eigenvalue weighted by Gasteiger charge is 2.22. The molecule has 132 valence electrons. The summed E-state index contributed by atoms with van der Waals surface area (Å²) in [6.07, 6.45) is 0. The van der Waals surface area contributed by atoms with E-state index in [1.54, 1.807) is 11.4 Å². The summed E-state index contributed by atoms with van der Waals surface area (Å²) in [5, 5.41) is 11.8. The quantitative estimate of drug-likeness (QED) is 0.660. The molecule has 0 aliphatic rings. The molecular weight excluding hydrogens is 388 g/mol. The first-order chi connectivity index (χ1) is 11.8. The van der Waals surface area contributed by atoms with E-state index in [9.17, 15) is 18.3 Å². The molecule has 0 radical (unpaired) electrons. The van der Waals surface area contributed by atoms with Gasteiger partial charge in [-0.25, -0.2) is 13.2 Å². The number of aromatic carboxylic acids is 1. The van der Waals surface area contributed by atoms with Gasteiger partial charge in [0.05, 0.1) is 16.2 Å². The Labute approximate surface area is 152 Å². The van der Waals surface area contributed by atoms with Gasteiger partial charge in [0.25, 0.3) is 10.0 Å². The Morgan fingerprint density at radius 2 is 2.16 bits per heavy atom. The normalized spacial score (nSPS) is 11.8. The number of sulfonamides is 1. The van der Waals surface area contributed by atoms with Crippen molar-refractivity contribution < 1.29 is 23.1 Å². The van der Waals surface area contributed by atoms with Gasteiger partial charge in [-0.2, -0.15) is 0 Å². The van der Waals surface area contributed by atoms with Crippen LogP contribution >= 0.6 is 22.9 Å². The number of hydrogen-bond acceptors (Lipinski definition) is 5. The number of nitrogens with one attached hydrogen (secondary N) is 1. The van der Waals surface area contributed by atoms with Gasteiger partial charge in [0.1, 0.15) is 16.6 Å². The number of hydrogen-bond donors (Lipinski definition) is 2. The molecule has 2 N–H and O–H groups in total. The summed E-state index contributed by atoms with van der Waals surface area (Å²) in [6, 6.07) is 7.51. The number of thiophene rings is 1. The molecular formula is C15H13ClN2O5S2. The second kappa shape index (κ2) is 6.68. The number of anilines is 1. The van der Waals surface area contributed by atoms with Crippen LogP contribution in [0.4, 0.5) is 5.69 Å². The van der Waals surface area contributed by atoms with Crippen molar-refractivity contribution in [3.8, 4) is 0 Å². The van der Waals surface area contributed by atoms with Crippen LogP contribution < -0.4 is 4.72 Å². The number of fused-ring (bicyclic) bond motifs is 1. The second-order valence-electron chi connectivity index (χ2n) is 5.08. The minimum Gasteiger partial charge on any atom is -0.477 e. The Morgan fingerprint density at radius 3 is 2.76 bits per heavy atom. The number of ether oxygens (including phenoxy) is 1. The van der Waals surface area contributed by atoms with E-state index < -0.39 is 16.0 Å². The minimum atomic E-state index is -3.79. The molecule has 0 unspecified atom stereocenters. The molecule has 0 atom stereocenters. The average Bonchev–Trinajstić information content (AvgIpc) is 3.19. The van der Waals surface area contributed by atoms with Crippen molar-refractivity contribution in [3.05, 3.63) is 46.4 Å². The molecule has 0 saturated carbocycles. The van der Waals surface area contributed by atoms with Gasteiger partial charge in [-0.05, 0) is 29.6 Å². The van der Waals surface area contributed by atoms with Gasteiger partial charge >= 0.3 is 5.97 Å². The molecule has 0 bridgehead atoms. The topological polar surface area (TPSA) is 97.6 Å². The number of carboxylic acids is 1. The van der Waals surface area contributed by atoms with Gasteiger partial charge in [0, 0.05) is 12.5 Å². The van der Waals surface area contributed by atoms with Crippen LogP contribution in [0, 0.1) is 0 Å². The van der Waals surface area contributed by atoms with Crippen LogP contribution in [0.15, 0.2) is 39.9 Å². The summed E-state index contributed by atoms with van der Waals surface area (Å²) in [6.45, 7) is -0.0702. The SMILES string of the molecule is COCn1c(C(=O)O)cc2c(Cl)ccc(NS(=O)(=O)c3cccs3)c21. The predicted molar refractivity (Wildman–Crippen MR) is 96.0 cm³/mol. The summed E-state index contributed by atoms with van der Waals surface area (Å²) in [5.41, 5.74) is 0.505. The molecule has 0 saturated heterocycles. The fraction of sp³-hybridized carbons (Fsp3) is 0.133. The van der Waals surface area contributed by atoms with Crippen molar-refractivity contribution in [2.75, 3.05) is 11.8 Å². The molecule has 0 fully saturated rings. The Hall–Kier alpha value is -2.07. The van der Waals surface area contributed by atoms with Crippen LogP contribution in [0.3, 0.4) is 0 Å². The standard InChI is InChI=1S/C15H13ClN2O5S2/c1-23-8-18-12(15(19)20)7-9-10(16)4-5-11(14(9)18)17-25(21,22)13-3-2-6-24-13/h2-7,17H,8H2,1H3,(H,19,20). The highest BCUT2D eigenvalue weighted by atomic mass is 35.5. The van der Waals surface area contributed by atoms with Crippen molar-refractivity contribution in [3.63, 3.8) is 0 Å². The van der Waals surface area contributed by atoms with Crippen LogP contribution in [0.1, 0.15) is 10.5 Å². The zero-order chi connectivity index (χ0) is 18.2. The zero-order valence-corrected chi connectivity index (χ0v) is 15.3. The molecule has 0 aliphatic heterocycles. The van der Waals surface area contributed by atoms with Gasteiger partial charge in [-0.3, -0.25) is 4.72 Å².